The maximum Gasteiger partial charge on any atom is 0.328 e. The number of ether oxygens (including phenoxy) is 1. The van der Waals surface area contributed by atoms with Crippen molar-refractivity contribution in [2.45, 2.75) is 19.9 Å². The fourth-order valence-electron chi connectivity index (χ4n) is 1.51. The van der Waals surface area contributed by atoms with Crippen LogP contribution in [0.2, 0.25) is 0 Å². The Hall–Kier alpha value is -1.69. The maximum absolute atomic E-state index is 11.7. The van der Waals surface area contributed by atoms with E-state index in [9.17, 15) is 4.79 Å². The van der Waals surface area contributed by atoms with E-state index in [0.29, 0.717) is 11.4 Å². The van der Waals surface area contributed by atoms with Gasteiger partial charge in [-0.3, -0.25) is 4.98 Å². The van der Waals surface area contributed by atoms with Gasteiger partial charge >= 0.3 is 5.97 Å². The number of nitrogens with two attached hydrogens (primary N) is 1. The second-order valence-electron chi connectivity index (χ2n) is 4.15. The van der Waals surface area contributed by atoms with Crippen molar-refractivity contribution >= 4 is 28.9 Å². The Bertz CT molecular complexity index is 449. The van der Waals surface area contributed by atoms with Gasteiger partial charge in [-0.15, -0.1) is 0 Å². The van der Waals surface area contributed by atoms with Crippen LogP contribution in [0, 0.1) is 5.92 Å². The Morgan fingerprint density at radius 3 is 2.72 bits per heavy atom. The topological polar surface area (TPSA) is 77.2 Å². The second kappa shape index (κ2) is 6.30. The number of hydrogen-bond acceptors (Lipinski definition) is 5. The highest BCUT2D eigenvalue weighted by Gasteiger charge is 2.24. The minimum Gasteiger partial charge on any atom is -0.467 e. The van der Waals surface area contributed by atoms with Crippen molar-refractivity contribution in [1.29, 1.82) is 0 Å². The molecule has 0 radical (unpaired) electrons. The Balaban J connectivity index is 3.01. The van der Waals surface area contributed by atoms with Gasteiger partial charge in [0.1, 0.15) is 16.7 Å². The van der Waals surface area contributed by atoms with Gasteiger partial charge < -0.3 is 15.8 Å². The molecule has 98 valence electrons. The number of esters is 1. The molecule has 3 N–H and O–H groups in total. The maximum atomic E-state index is 11.7. The Morgan fingerprint density at radius 2 is 2.22 bits per heavy atom. The number of nitrogens with one attached hydrogen (secondary N) is 1. The van der Waals surface area contributed by atoms with E-state index in [2.05, 4.69) is 10.3 Å². The van der Waals surface area contributed by atoms with Crippen LogP contribution in [0.15, 0.2) is 18.3 Å². The van der Waals surface area contributed by atoms with Gasteiger partial charge in [0.2, 0.25) is 0 Å². The van der Waals surface area contributed by atoms with Gasteiger partial charge in [0.25, 0.3) is 0 Å². The molecule has 6 heteroatoms. The molecule has 0 saturated carbocycles. The molecule has 0 spiro atoms. The van der Waals surface area contributed by atoms with Gasteiger partial charge in [-0.05, 0) is 18.1 Å². The first-order valence-corrected chi connectivity index (χ1v) is 5.97. The summed E-state index contributed by atoms with van der Waals surface area (Å²) in [4.78, 5) is 16.0. The molecule has 0 fully saturated rings. The van der Waals surface area contributed by atoms with E-state index in [-0.39, 0.29) is 16.9 Å². The number of pyridine rings is 1. The predicted molar refractivity (Wildman–Crippen MR) is 74.4 cm³/mol. The quantitative estimate of drug-likeness (QED) is 0.619. The summed E-state index contributed by atoms with van der Waals surface area (Å²) in [6.07, 6.45) is 1.60. The summed E-state index contributed by atoms with van der Waals surface area (Å²) in [5.41, 5.74) is 6.70. The van der Waals surface area contributed by atoms with Gasteiger partial charge in [-0.25, -0.2) is 4.79 Å². The summed E-state index contributed by atoms with van der Waals surface area (Å²) in [7, 11) is 1.36. The van der Waals surface area contributed by atoms with Crippen LogP contribution < -0.4 is 11.1 Å². The van der Waals surface area contributed by atoms with Crippen molar-refractivity contribution < 1.29 is 9.53 Å². The molecule has 0 aliphatic carbocycles. The zero-order valence-electron chi connectivity index (χ0n) is 10.6. The molecule has 0 saturated heterocycles. The number of carbonyl (C=O) groups excluding carboxylic acids is 1. The van der Waals surface area contributed by atoms with Crippen LogP contribution in [0.5, 0.6) is 0 Å². The molecule has 0 aliphatic heterocycles. The van der Waals surface area contributed by atoms with Crippen molar-refractivity contribution in [1.82, 2.24) is 4.98 Å². The average molecular weight is 267 g/mol. The first kappa shape index (κ1) is 14.4. The van der Waals surface area contributed by atoms with E-state index in [1.807, 2.05) is 13.8 Å². The number of thiocarbonyl (C=S) groups is 1. The van der Waals surface area contributed by atoms with Gasteiger partial charge in [0, 0.05) is 6.20 Å². The monoisotopic (exact) mass is 267 g/mol. The van der Waals surface area contributed by atoms with E-state index in [4.69, 9.17) is 22.7 Å². The van der Waals surface area contributed by atoms with Crippen molar-refractivity contribution in [3.63, 3.8) is 0 Å². The lowest BCUT2D eigenvalue weighted by atomic mass is 10.0. The fraction of sp³-hybridized carbons (Fsp3) is 0.417. The predicted octanol–water partition coefficient (Wildman–Crippen LogP) is 1.33. The molecule has 0 aliphatic rings. The summed E-state index contributed by atoms with van der Waals surface area (Å²) in [6.45, 7) is 3.84. The molecule has 0 aromatic carbocycles. The third-order valence-electron chi connectivity index (χ3n) is 2.47. The summed E-state index contributed by atoms with van der Waals surface area (Å²) in [5.74, 6) is -0.264. The second-order valence-corrected chi connectivity index (χ2v) is 4.59. The van der Waals surface area contributed by atoms with Crippen molar-refractivity contribution in [2.24, 2.45) is 11.7 Å². The van der Waals surface area contributed by atoms with Crippen molar-refractivity contribution in [3.8, 4) is 0 Å². The zero-order valence-corrected chi connectivity index (χ0v) is 11.5. The fourth-order valence-corrected chi connectivity index (χ4v) is 1.67. The molecule has 1 rings (SSSR count). The zero-order chi connectivity index (χ0) is 13.7. The number of carbonyl (C=O) groups is 1. The largest absolute Gasteiger partial charge is 0.467 e. The molecular weight excluding hydrogens is 250 g/mol. The van der Waals surface area contributed by atoms with E-state index >= 15 is 0 Å². The highest BCUT2D eigenvalue weighted by molar-refractivity contribution is 7.80. The third kappa shape index (κ3) is 3.40. The Morgan fingerprint density at radius 1 is 1.56 bits per heavy atom. The molecule has 5 nitrogen and oxygen atoms in total. The number of hydrogen-bond donors (Lipinski definition) is 2. The third-order valence-corrected chi connectivity index (χ3v) is 2.67. The smallest absolute Gasteiger partial charge is 0.328 e. The SMILES string of the molecule is COC(=O)C(Nc1cccnc1C(N)=S)C(C)C. The van der Waals surface area contributed by atoms with Gasteiger partial charge in [0.05, 0.1) is 12.8 Å². The molecule has 1 atom stereocenters. The lowest BCUT2D eigenvalue weighted by molar-refractivity contribution is -0.142. The first-order chi connectivity index (χ1) is 8.47. The summed E-state index contributed by atoms with van der Waals surface area (Å²) in [6, 6.07) is 3.06. The molecular formula is C12H17N3O2S. The minimum atomic E-state index is -0.465. The number of rotatable bonds is 5. The van der Waals surface area contributed by atoms with Crippen LogP contribution in [0.3, 0.4) is 0 Å². The highest BCUT2D eigenvalue weighted by Crippen LogP contribution is 2.17. The number of methoxy groups -OCH3 is 1. The lowest BCUT2D eigenvalue weighted by Crippen LogP contribution is -2.36. The lowest BCUT2D eigenvalue weighted by Gasteiger charge is -2.21. The van der Waals surface area contributed by atoms with E-state index in [1.54, 1.807) is 18.3 Å². The number of anilines is 1. The normalized spacial score (nSPS) is 12.0. The van der Waals surface area contributed by atoms with Crippen LogP contribution in [0.4, 0.5) is 5.69 Å². The summed E-state index contributed by atoms with van der Waals surface area (Å²) >= 11 is 4.92. The Kier molecular flexibility index (Phi) is 5.03. The highest BCUT2D eigenvalue weighted by atomic mass is 32.1. The van der Waals surface area contributed by atoms with E-state index in [0.717, 1.165) is 0 Å². The van der Waals surface area contributed by atoms with E-state index in [1.165, 1.54) is 7.11 Å². The first-order valence-electron chi connectivity index (χ1n) is 5.56. The summed E-state index contributed by atoms with van der Waals surface area (Å²) in [5, 5.41) is 3.07. The van der Waals surface area contributed by atoms with Crippen LogP contribution in [-0.2, 0) is 9.53 Å². The molecule has 18 heavy (non-hydrogen) atoms. The minimum absolute atomic E-state index is 0.0665. The number of nitrogens with zero attached hydrogens (tertiary/aromatic N) is 1. The van der Waals surface area contributed by atoms with Gasteiger partial charge in [-0.2, -0.15) is 0 Å². The number of aromatic nitrogens is 1. The summed E-state index contributed by atoms with van der Waals surface area (Å²) < 4.78 is 4.76. The van der Waals surface area contributed by atoms with Crippen LogP contribution in [-0.4, -0.2) is 29.1 Å². The van der Waals surface area contributed by atoms with Crippen LogP contribution in [0.25, 0.3) is 0 Å². The van der Waals surface area contributed by atoms with Crippen molar-refractivity contribution in [2.75, 3.05) is 12.4 Å². The average Bonchev–Trinajstić information content (AvgIpc) is 2.34. The Labute approximate surface area is 112 Å². The van der Waals surface area contributed by atoms with Gasteiger partial charge in [0.15, 0.2) is 0 Å². The van der Waals surface area contributed by atoms with Crippen LogP contribution in [0.1, 0.15) is 19.5 Å². The molecule has 1 aromatic rings. The standard InChI is InChI=1S/C12H17N3O2S/c1-7(2)9(12(16)17-3)15-8-5-4-6-14-10(8)11(13)18/h4-7,9,15H,1-3H3,(H2,13,18). The molecule has 1 unspecified atom stereocenters. The van der Waals surface area contributed by atoms with Crippen molar-refractivity contribution in [3.05, 3.63) is 24.0 Å². The molecule has 0 amide bonds. The van der Waals surface area contributed by atoms with Crippen LogP contribution >= 0.6 is 12.2 Å². The van der Waals surface area contributed by atoms with E-state index < -0.39 is 6.04 Å². The molecule has 1 aromatic heterocycles. The molecule has 0 bridgehead atoms. The molecule has 1 heterocycles. The van der Waals surface area contributed by atoms with Gasteiger partial charge in [-0.1, -0.05) is 26.1 Å².